The maximum atomic E-state index is 9.61. The number of phenolic OH excluding ortho intramolecular Hbond substituents is 5. The Morgan fingerprint density at radius 3 is 1.20 bits per heavy atom. The highest BCUT2D eigenvalue weighted by molar-refractivity contribution is 7.08. The lowest BCUT2D eigenvalue weighted by Crippen LogP contribution is -1.85. The molecule has 14 heteroatoms. The molecule has 1 aromatic heterocycles. The van der Waals surface area contributed by atoms with Crippen molar-refractivity contribution >= 4 is 52.5 Å². The number of hydrogen-bond donors (Lipinski definition) is 5. The minimum absolute atomic E-state index is 0.154. The van der Waals surface area contributed by atoms with Crippen molar-refractivity contribution in [1.82, 2.24) is 0 Å². The molecule has 472 valence electrons. The summed E-state index contributed by atoms with van der Waals surface area (Å²) in [7, 11) is 7.83. The molecule has 13 nitrogen and oxygen atoms in total. The number of thiophene rings is 1. The summed E-state index contributed by atoms with van der Waals surface area (Å²) < 4.78 is 42.0. The number of benzene rings is 10. The summed E-state index contributed by atoms with van der Waals surface area (Å²) in [4.78, 5) is 0. The number of rotatable bonds is 16. The van der Waals surface area contributed by atoms with Crippen LogP contribution in [0.2, 0.25) is 0 Å². The molecular formula is C79H72O13S. The summed E-state index contributed by atoms with van der Waals surface area (Å²) in [5.74, 6) is 12.2. The molecule has 11 aromatic rings. The molecule has 0 saturated carbocycles. The Morgan fingerprint density at radius 2 is 0.720 bits per heavy atom. The summed E-state index contributed by atoms with van der Waals surface area (Å²) in [5, 5.41) is 54.0. The second-order valence-electron chi connectivity index (χ2n) is 20.2. The molecule has 11 rings (SSSR count). The monoisotopic (exact) mass is 1260 g/mol. The van der Waals surface area contributed by atoms with E-state index in [1.54, 1.807) is 151 Å². The molecule has 1 heterocycles. The number of methoxy groups -OCH3 is 5. The van der Waals surface area contributed by atoms with Crippen LogP contribution in [0.15, 0.2) is 248 Å². The van der Waals surface area contributed by atoms with Crippen LogP contribution in [0.25, 0.3) is 41.2 Å². The van der Waals surface area contributed by atoms with Gasteiger partial charge in [-0.25, -0.2) is 0 Å². The Labute approximate surface area is 547 Å². The molecule has 10 aromatic carbocycles. The summed E-state index contributed by atoms with van der Waals surface area (Å²) in [6.45, 7) is 4.04. The van der Waals surface area contributed by atoms with Crippen molar-refractivity contribution in [2.45, 2.75) is 13.8 Å². The lowest BCUT2D eigenvalue weighted by molar-refractivity contribution is 0.407. The van der Waals surface area contributed by atoms with Crippen molar-refractivity contribution < 1.29 is 63.4 Å². The molecule has 0 unspecified atom stereocenters. The van der Waals surface area contributed by atoms with Crippen LogP contribution in [-0.4, -0.2) is 61.1 Å². The third-order valence-electron chi connectivity index (χ3n) is 13.0. The quantitative estimate of drug-likeness (QED) is 0.0457. The van der Waals surface area contributed by atoms with Crippen molar-refractivity contribution in [3.63, 3.8) is 0 Å². The average Bonchev–Trinajstić information content (AvgIpc) is 3.28. The molecule has 0 radical (unpaired) electrons. The number of aromatic hydroxyl groups is 5. The number of phenols is 5. The van der Waals surface area contributed by atoms with Crippen LogP contribution in [0.1, 0.15) is 50.1 Å². The summed E-state index contributed by atoms with van der Waals surface area (Å²) in [6.07, 6.45) is 14.0. The highest BCUT2D eigenvalue weighted by Crippen LogP contribution is 2.28. The van der Waals surface area contributed by atoms with E-state index in [4.69, 9.17) is 37.9 Å². The molecule has 0 fully saturated rings. The highest BCUT2D eigenvalue weighted by atomic mass is 32.1. The summed E-state index contributed by atoms with van der Waals surface area (Å²) in [6, 6.07) is 66.5. The molecule has 93 heavy (non-hydrogen) atoms. The van der Waals surface area contributed by atoms with E-state index in [0.717, 1.165) is 67.1 Å². The molecule has 0 amide bonds. The minimum Gasteiger partial charge on any atom is -0.508 e. The van der Waals surface area contributed by atoms with E-state index in [0.29, 0.717) is 28.7 Å². The van der Waals surface area contributed by atoms with Crippen LogP contribution in [0, 0.1) is 25.7 Å². The van der Waals surface area contributed by atoms with Gasteiger partial charge in [0.1, 0.15) is 74.7 Å². The van der Waals surface area contributed by atoms with Gasteiger partial charge in [-0.3, -0.25) is 0 Å². The van der Waals surface area contributed by atoms with Crippen LogP contribution in [0.4, 0.5) is 0 Å². The van der Waals surface area contributed by atoms with Gasteiger partial charge in [-0.2, -0.15) is 11.3 Å². The van der Waals surface area contributed by atoms with Gasteiger partial charge in [-0.05, 0) is 202 Å². The molecule has 0 saturated heterocycles. The average molecular weight is 1260 g/mol. The second kappa shape index (κ2) is 36.5. The fourth-order valence-corrected chi connectivity index (χ4v) is 9.03. The molecule has 0 aliphatic heterocycles. The largest absolute Gasteiger partial charge is 0.508 e. The predicted molar refractivity (Wildman–Crippen MR) is 374 cm³/mol. The van der Waals surface area contributed by atoms with Gasteiger partial charge in [0.15, 0.2) is 0 Å². The van der Waals surface area contributed by atoms with Gasteiger partial charge >= 0.3 is 0 Å². The van der Waals surface area contributed by atoms with E-state index >= 15 is 0 Å². The maximum Gasteiger partial charge on any atom is 0.127 e. The standard InChI is InChI=1S/C19H16O3.2C16H16O3.C15H12O2.C13H12O2S/c1-21-19-11-14(10-17(20)13-19)8-9-22-18-7-6-15-4-2-3-5-16(15)12-18;1-12-3-5-15(6-4-12)19-8-7-13-9-14(17)11-16(10-13)18-2;1-12-4-3-5-15(8-12)19-7-6-13-9-14(17)11-16(10-13)18-2;1-17-15-10-13(9-14(16)11-15)8-7-12-5-3-2-4-6-12;1-15-13-7-11(6-12(14)8-13)3-2-10-4-5-16-9-10/h2-13,20H,1H3;2*3-11,17H,1-2H3;2-6,9-11,16H,1H3;2-9,14H,1H3/b9-8+;8-7+;7-6+;;3-2+. The lowest BCUT2D eigenvalue weighted by Gasteiger charge is -2.04. The van der Waals surface area contributed by atoms with Crippen LogP contribution in [0.5, 0.6) is 74.7 Å². The number of fused-ring (bicyclic) bond motifs is 1. The molecular weight excluding hydrogens is 1190 g/mol. The van der Waals surface area contributed by atoms with Crippen molar-refractivity contribution in [3.8, 4) is 86.6 Å². The Bertz CT molecular complexity index is 4320. The zero-order valence-corrected chi connectivity index (χ0v) is 53.3. The van der Waals surface area contributed by atoms with Crippen LogP contribution < -0.4 is 37.9 Å². The van der Waals surface area contributed by atoms with Crippen LogP contribution in [-0.2, 0) is 0 Å². The third-order valence-corrected chi connectivity index (χ3v) is 13.7. The molecule has 0 atom stereocenters. The SMILES string of the molecule is COc1cc(O)cc(/C=C/Oc2ccc(C)cc2)c1.COc1cc(O)cc(/C=C/Oc2ccc3ccccc3c2)c1.COc1cc(O)cc(/C=C/Oc2cccc(C)c2)c1.COc1cc(O)cc(/C=C/c2ccsc2)c1.COc1cc(O)cc(C#Cc2ccccc2)c1. The number of hydrogen-bond acceptors (Lipinski definition) is 14. The lowest BCUT2D eigenvalue weighted by atomic mass is 10.1. The minimum atomic E-state index is 0.154. The maximum absolute atomic E-state index is 9.61. The van der Waals surface area contributed by atoms with Crippen molar-refractivity contribution in [2.75, 3.05) is 35.5 Å². The van der Waals surface area contributed by atoms with Crippen LogP contribution in [0.3, 0.4) is 0 Å². The van der Waals surface area contributed by atoms with Crippen LogP contribution >= 0.6 is 11.3 Å². The van der Waals surface area contributed by atoms with E-state index in [1.165, 1.54) is 10.9 Å². The van der Waals surface area contributed by atoms with Gasteiger partial charge in [0.05, 0.1) is 54.3 Å². The topological polar surface area (TPSA) is 175 Å². The predicted octanol–water partition coefficient (Wildman–Crippen LogP) is 18.6. The fraction of sp³-hybridized carbons (Fsp3) is 0.0886. The van der Waals surface area contributed by atoms with Crippen molar-refractivity contribution in [1.29, 1.82) is 0 Å². The molecule has 0 bridgehead atoms. The van der Waals surface area contributed by atoms with Gasteiger partial charge < -0.3 is 63.4 Å². The van der Waals surface area contributed by atoms with Gasteiger partial charge in [0.2, 0.25) is 0 Å². The Morgan fingerprint density at radius 1 is 0.301 bits per heavy atom. The molecule has 0 aliphatic carbocycles. The first-order valence-corrected chi connectivity index (χ1v) is 29.9. The van der Waals surface area contributed by atoms with Gasteiger partial charge in [0.25, 0.3) is 0 Å². The Kier molecular flexibility index (Phi) is 26.9. The molecule has 0 spiro atoms. The Hall–Kier alpha value is -11.9. The fourth-order valence-electron chi connectivity index (χ4n) is 8.40. The van der Waals surface area contributed by atoms with E-state index in [-0.39, 0.29) is 28.7 Å². The first-order valence-electron chi connectivity index (χ1n) is 28.9. The van der Waals surface area contributed by atoms with E-state index < -0.39 is 0 Å². The zero-order chi connectivity index (χ0) is 66.2. The third kappa shape index (κ3) is 24.5. The number of aryl methyl sites for hydroxylation is 2. The van der Waals surface area contributed by atoms with Crippen molar-refractivity contribution in [3.05, 3.63) is 298 Å². The first-order chi connectivity index (χ1) is 45.1. The smallest absolute Gasteiger partial charge is 0.127 e. The van der Waals surface area contributed by atoms with Gasteiger partial charge in [-0.15, -0.1) is 0 Å². The molecule has 5 N–H and O–H groups in total. The second-order valence-corrected chi connectivity index (χ2v) is 21.0. The Balaban J connectivity index is 0.000000165. The van der Waals surface area contributed by atoms with E-state index in [9.17, 15) is 25.5 Å². The highest BCUT2D eigenvalue weighted by Gasteiger charge is 2.04. The van der Waals surface area contributed by atoms with Gasteiger partial charge in [0, 0.05) is 41.5 Å². The summed E-state index contributed by atoms with van der Waals surface area (Å²) in [5.41, 5.74) is 8.50. The normalized spacial score (nSPS) is 10.5. The molecule has 0 aliphatic rings. The first kappa shape index (κ1) is 68.6. The summed E-state index contributed by atoms with van der Waals surface area (Å²) >= 11 is 1.66. The number of ether oxygens (including phenoxy) is 8. The van der Waals surface area contributed by atoms with Crippen molar-refractivity contribution in [2.24, 2.45) is 0 Å². The zero-order valence-electron chi connectivity index (χ0n) is 52.5. The van der Waals surface area contributed by atoms with E-state index in [2.05, 4.69) is 23.3 Å². The van der Waals surface area contributed by atoms with E-state index in [1.807, 2.05) is 177 Å². The van der Waals surface area contributed by atoms with Gasteiger partial charge in [-0.1, -0.05) is 102 Å².